The van der Waals surface area contributed by atoms with Crippen LogP contribution >= 0.6 is 0 Å². The molecule has 110 valence electrons. The molecule has 0 spiro atoms. The molecular formula is C18H21NO2. The first kappa shape index (κ1) is 14.0. The first-order valence-corrected chi connectivity index (χ1v) is 7.32. The third kappa shape index (κ3) is 2.74. The topological polar surface area (TPSA) is 30.5 Å². The molecule has 1 aliphatic heterocycles. The Morgan fingerprint density at radius 3 is 2.86 bits per heavy atom. The number of rotatable bonds is 4. The third-order valence-corrected chi connectivity index (χ3v) is 3.89. The molecule has 3 heteroatoms. The second-order valence-corrected chi connectivity index (χ2v) is 5.51. The molecule has 21 heavy (non-hydrogen) atoms. The Bertz CT molecular complexity index is 652. The lowest BCUT2D eigenvalue weighted by molar-refractivity contribution is 0.254. The molecule has 3 rings (SSSR count). The highest BCUT2D eigenvalue weighted by Crippen LogP contribution is 2.34. The number of nitrogens with one attached hydrogen (secondary N) is 1. The summed E-state index contributed by atoms with van der Waals surface area (Å²) in [6.07, 6.45) is 1.27. The van der Waals surface area contributed by atoms with Gasteiger partial charge in [-0.2, -0.15) is 0 Å². The molecule has 1 aliphatic rings. The van der Waals surface area contributed by atoms with E-state index in [1.54, 1.807) is 7.11 Å². The summed E-state index contributed by atoms with van der Waals surface area (Å²) < 4.78 is 11.1. The lowest BCUT2D eigenvalue weighted by Crippen LogP contribution is -2.06. The van der Waals surface area contributed by atoms with E-state index in [0.717, 1.165) is 24.5 Å². The van der Waals surface area contributed by atoms with E-state index in [1.807, 2.05) is 13.1 Å². The second-order valence-electron chi connectivity index (χ2n) is 5.51. The van der Waals surface area contributed by atoms with Gasteiger partial charge in [-0.25, -0.2) is 0 Å². The molecule has 0 saturated carbocycles. The summed E-state index contributed by atoms with van der Waals surface area (Å²) in [5.41, 5.74) is 5.02. The van der Waals surface area contributed by atoms with Crippen LogP contribution in [0.1, 0.15) is 18.1 Å². The van der Waals surface area contributed by atoms with Crippen molar-refractivity contribution in [2.24, 2.45) is 0 Å². The van der Waals surface area contributed by atoms with Crippen molar-refractivity contribution in [3.05, 3.63) is 47.5 Å². The van der Waals surface area contributed by atoms with Gasteiger partial charge in [0.2, 0.25) is 0 Å². The van der Waals surface area contributed by atoms with Crippen molar-refractivity contribution < 1.29 is 9.47 Å². The van der Waals surface area contributed by atoms with Gasteiger partial charge in [-0.05, 0) is 60.5 Å². The summed E-state index contributed by atoms with van der Waals surface area (Å²) in [4.78, 5) is 0. The molecule has 0 aromatic heterocycles. The van der Waals surface area contributed by atoms with Gasteiger partial charge in [0.05, 0.1) is 7.11 Å². The summed E-state index contributed by atoms with van der Waals surface area (Å²) in [5, 5.41) is 3.22. The van der Waals surface area contributed by atoms with Crippen LogP contribution in [-0.2, 0) is 13.0 Å². The van der Waals surface area contributed by atoms with E-state index >= 15 is 0 Å². The standard InChI is InChI=1S/C18H21NO2/c1-12-8-14-9-13(4-7-18(14)21-12)17-6-5-16(20-3)10-15(17)11-19-2/h4-7,9-10,12,19H,8,11H2,1-3H3. The summed E-state index contributed by atoms with van der Waals surface area (Å²) in [7, 11) is 3.66. The second kappa shape index (κ2) is 5.78. The van der Waals surface area contributed by atoms with E-state index in [-0.39, 0.29) is 6.10 Å². The number of methoxy groups -OCH3 is 1. The van der Waals surface area contributed by atoms with E-state index in [1.165, 1.54) is 22.3 Å². The number of ether oxygens (including phenoxy) is 2. The van der Waals surface area contributed by atoms with Gasteiger partial charge in [0.25, 0.3) is 0 Å². The Hall–Kier alpha value is -2.00. The zero-order chi connectivity index (χ0) is 14.8. The van der Waals surface area contributed by atoms with E-state index in [2.05, 4.69) is 42.6 Å². The first-order valence-electron chi connectivity index (χ1n) is 7.32. The molecule has 0 aliphatic carbocycles. The Balaban J connectivity index is 2.02. The smallest absolute Gasteiger partial charge is 0.123 e. The van der Waals surface area contributed by atoms with Gasteiger partial charge in [0.1, 0.15) is 17.6 Å². The Labute approximate surface area is 125 Å². The van der Waals surface area contributed by atoms with Crippen molar-refractivity contribution >= 4 is 0 Å². The van der Waals surface area contributed by atoms with Gasteiger partial charge in [-0.3, -0.25) is 0 Å². The van der Waals surface area contributed by atoms with Crippen molar-refractivity contribution in [2.45, 2.75) is 26.0 Å². The quantitative estimate of drug-likeness (QED) is 0.933. The normalized spacial score (nSPS) is 16.4. The lowest BCUT2D eigenvalue weighted by Gasteiger charge is -2.12. The lowest BCUT2D eigenvalue weighted by atomic mass is 9.96. The molecule has 0 bridgehead atoms. The molecule has 1 atom stereocenters. The zero-order valence-electron chi connectivity index (χ0n) is 12.8. The van der Waals surface area contributed by atoms with Gasteiger partial charge in [-0.15, -0.1) is 0 Å². The van der Waals surface area contributed by atoms with Crippen molar-refractivity contribution in [2.75, 3.05) is 14.2 Å². The van der Waals surface area contributed by atoms with Crippen LogP contribution in [0.15, 0.2) is 36.4 Å². The van der Waals surface area contributed by atoms with Crippen LogP contribution in [0.4, 0.5) is 0 Å². The fourth-order valence-electron chi connectivity index (χ4n) is 2.90. The molecular weight excluding hydrogens is 262 g/mol. The van der Waals surface area contributed by atoms with Gasteiger partial charge < -0.3 is 14.8 Å². The van der Waals surface area contributed by atoms with E-state index < -0.39 is 0 Å². The van der Waals surface area contributed by atoms with E-state index in [0.29, 0.717) is 0 Å². The molecule has 0 saturated heterocycles. The summed E-state index contributed by atoms with van der Waals surface area (Å²) in [5.74, 6) is 1.91. The molecule has 1 unspecified atom stereocenters. The van der Waals surface area contributed by atoms with Gasteiger partial charge in [0.15, 0.2) is 0 Å². The number of hydrogen-bond acceptors (Lipinski definition) is 3. The molecule has 0 fully saturated rings. The fraction of sp³-hybridized carbons (Fsp3) is 0.333. The van der Waals surface area contributed by atoms with Crippen LogP contribution in [0.3, 0.4) is 0 Å². The largest absolute Gasteiger partial charge is 0.497 e. The van der Waals surface area contributed by atoms with Crippen LogP contribution in [0, 0.1) is 0 Å². The van der Waals surface area contributed by atoms with Crippen LogP contribution in [-0.4, -0.2) is 20.3 Å². The predicted molar refractivity (Wildman–Crippen MR) is 85.0 cm³/mol. The number of fused-ring (bicyclic) bond motifs is 1. The van der Waals surface area contributed by atoms with E-state index in [9.17, 15) is 0 Å². The minimum Gasteiger partial charge on any atom is -0.497 e. The number of hydrogen-bond donors (Lipinski definition) is 1. The summed E-state index contributed by atoms with van der Waals surface area (Å²) >= 11 is 0. The highest BCUT2D eigenvalue weighted by molar-refractivity contribution is 5.70. The van der Waals surface area contributed by atoms with Gasteiger partial charge in [0, 0.05) is 13.0 Å². The molecule has 2 aromatic carbocycles. The molecule has 0 radical (unpaired) electrons. The van der Waals surface area contributed by atoms with Crippen molar-refractivity contribution in [3.8, 4) is 22.6 Å². The van der Waals surface area contributed by atoms with Crippen LogP contribution < -0.4 is 14.8 Å². The van der Waals surface area contributed by atoms with Crippen molar-refractivity contribution in [1.29, 1.82) is 0 Å². The molecule has 2 aromatic rings. The van der Waals surface area contributed by atoms with Crippen LogP contribution in [0.2, 0.25) is 0 Å². The van der Waals surface area contributed by atoms with Crippen LogP contribution in [0.25, 0.3) is 11.1 Å². The fourth-order valence-corrected chi connectivity index (χ4v) is 2.90. The van der Waals surface area contributed by atoms with E-state index in [4.69, 9.17) is 9.47 Å². The highest BCUT2D eigenvalue weighted by Gasteiger charge is 2.19. The summed E-state index contributed by atoms with van der Waals surface area (Å²) in [6.45, 7) is 2.93. The average Bonchev–Trinajstić information content (AvgIpc) is 2.86. The van der Waals surface area contributed by atoms with Crippen molar-refractivity contribution in [1.82, 2.24) is 5.32 Å². The maximum absolute atomic E-state index is 5.78. The zero-order valence-corrected chi connectivity index (χ0v) is 12.8. The van der Waals surface area contributed by atoms with Crippen molar-refractivity contribution in [3.63, 3.8) is 0 Å². The minimum absolute atomic E-state index is 0.280. The Morgan fingerprint density at radius 1 is 1.24 bits per heavy atom. The maximum atomic E-state index is 5.78. The Morgan fingerprint density at radius 2 is 2.10 bits per heavy atom. The maximum Gasteiger partial charge on any atom is 0.123 e. The SMILES string of the molecule is CNCc1cc(OC)ccc1-c1ccc2c(c1)CC(C)O2. The summed E-state index contributed by atoms with van der Waals surface area (Å²) in [6, 6.07) is 12.7. The third-order valence-electron chi connectivity index (χ3n) is 3.89. The first-order chi connectivity index (χ1) is 10.2. The van der Waals surface area contributed by atoms with Gasteiger partial charge in [-0.1, -0.05) is 12.1 Å². The minimum atomic E-state index is 0.280. The average molecular weight is 283 g/mol. The molecule has 3 nitrogen and oxygen atoms in total. The molecule has 1 heterocycles. The predicted octanol–water partition coefficient (Wildman–Crippen LogP) is 3.41. The highest BCUT2D eigenvalue weighted by atomic mass is 16.5. The van der Waals surface area contributed by atoms with Gasteiger partial charge >= 0.3 is 0 Å². The van der Waals surface area contributed by atoms with Crippen LogP contribution in [0.5, 0.6) is 11.5 Å². The molecule has 0 amide bonds. The number of benzene rings is 2. The molecule has 1 N–H and O–H groups in total. The Kier molecular flexibility index (Phi) is 3.84. The monoisotopic (exact) mass is 283 g/mol.